The Morgan fingerprint density at radius 1 is 1.42 bits per heavy atom. The molecule has 1 aromatic carbocycles. The molecule has 1 aliphatic rings. The van der Waals surface area contributed by atoms with Crippen molar-refractivity contribution in [2.45, 2.75) is 13.0 Å². The van der Waals surface area contributed by atoms with Crippen LogP contribution < -0.4 is 14.8 Å². The van der Waals surface area contributed by atoms with E-state index in [0.717, 1.165) is 13.1 Å². The molecule has 0 aromatic heterocycles. The SMILES string of the molecule is CCNCCN(C)C(=O)C1COc2ccccc2O1. The highest BCUT2D eigenvalue weighted by Crippen LogP contribution is 2.31. The summed E-state index contributed by atoms with van der Waals surface area (Å²) in [6.45, 7) is 4.65. The van der Waals surface area contributed by atoms with Crippen molar-refractivity contribution in [3.63, 3.8) is 0 Å². The largest absolute Gasteiger partial charge is 0.485 e. The van der Waals surface area contributed by atoms with Crippen LogP contribution in [0.25, 0.3) is 0 Å². The van der Waals surface area contributed by atoms with Gasteiger partial charge in [-0.15, -0.1) is 0 Å². The van der Waals surface area contributed by atoms with E-state index in [1.54, 1.807) is 11.9 Å². The number of amides is 1. The highest BCUT2D eigenvalue weighted by Gasteiger charge is 2.29. The predicted octanol–water partition coefficient (Wildman–Crippen LogP) is 0.894. The van der Waals surface area contributed by atoms with Gasteiger partial charge in [0.2, 0.25) is 6.10 Å². The Hall–Kier alpha value is -1.75. The first-order chi connectivity index (χ1) is 9.22. The summed E-state index contributed by atoms with van der Waals surface area (Å²) >= 11 is 0. The lowest BCUT2D eigenvalue weighted by molar-refractivity contribution is -0.139. The number of carbonyl (C=O) groups excluding carboxylic acids is 1. The van der Waals surface area contributed by atoms with Crippen molar-refractivity contribution in [3.05, 3.63) is 24.3 Å². The molecule has 0 bridgehead atoms. The molecule has 5 heteroatoms. The fourth-order valence-electron chi connectivity index (χ4n) is 1.92. The molecule has 0 saturated heterocycles. The molecular weight excluding hydrogens is 244 g/mol. The molecule has 0 radical (unpaired) electrons. The summed E-state index contributed by atoms with van der Waals surface area (Å²) in [5.41, 5.74) is 0. The minimum absolute atomic E-state index is 0.0487. The van der Waals surface area contributed by atoms with Crippen molar-refractivity contribution in [1.29, 1.82) is 0 Å². The maximum absolute atomic E-state index is 12.2. The number of nitrogens with one attached hydrogen (secondary N) is 1. The fraction of sp³-hybridized carbons (Fsp3) is 0.500. The van der Waals surface area contributed by atoms with Gasteiger partial charge in [-0.2, -0.15) is 0 Å². The van der Waals surface area contributed by atoms with Gasteiger partial charge in [0.25, 0.3) is 5.91 Å². The van der Waals surface area contributed by atoms with E-state index in [0.29, 0.717) is 18.0 Å². The van der Waals surface area contributed by atoms with Gasteiger partial charge in [0.15, 0.2) is 11.5 Å². The van der Waals surface area contributed by atoms with E-state index in [-0.39, 0.29) is 12.5 Å². The van der Waals surface area contributed by atoms with Crippen LogP contribution in [0.1, 0.15) is 6.92 Å². The molecule has 0 saturated carbocycles. The molecule has 0 spiro atoms. The van der Waals surface area contributed by atoms with Gasteiger partial charge in [0.05, 0.1) is 0 Å². The summed E-state index contributed by atoms with van der Waals surface area (Å²) in [5.74, 6) is 1.28. The van der Waals surface area contributed by atoms with E-state index >= 15 is 0 Å². The van der Waals surface area contributed by atoms with E-state index in [2.05, 4.69) is 5.32 Å². The third-order valence-electron chi connectivity index (χ3n) is 3.03. The van der Waals surface area contributed by atoms with E-state index in [1.807, 2.05) is 31.2 Å². The maximum atomic E-state index is 12.2. The lowest BCUT2D eigenvalue weighted by atomic mass is 10.2. The molecule has 1 atom stereocenters. The first kappa shape index (κ1) is 13.7. The number of ether oxygens (including phenoxy) is 2. The lowest BCUT2D eigenvalue weighted by Gasteiger charge is -2.28. The molecule has 19 heavy (non-hydrogen) atoms. The molecule has 1 aliphatic heterocycles. The Morgan fingerprint density at radius 2 is 2.16 bits per heavy atom. The Kier molecular flexibility index (Phi) is 4.63. The third kappa shape index (κ3) is 3.38. The van der Waals surface area contributed by atoms with Crippen molar-refractivity contribution in [1.82, 2.24) is 10.2 Å². The molecule has 0 fully saturated rings. The van der Waals surface area contributed by atoms with E-state index in [1.165, 1.54) is 0 Å². The highest BCUT2D eigenvalue weighted by atomic mass is 16.6. The zero-order valence-electron chi connectivity index (χ0n) is 11.4. The van der Waals surface area contributed by atoms with E-state index in [9.17, 15) is 4.79 Å². The molecular formula is C14H20N2O3. The highest BCUT2D eigenvalue weighted by molar-refractivity contribution is 5.81. The zero-order valence-corrected chi connectivity index (χ0v) is 11.4. The minimum Gasteiger partial charge on any atom is -0.485 e. The Bertz CT molecular complexity index is 436. The van der Waals surface area contributed by atoms with E-state index in [4.69, 9.17) is 9.47 Å². The molecule has 1 aromatic rings. The topological polar surface area (TPSA) is 50.8 Å². The Morgan fingerprint density at radius 3 is 2.89 bits per heavy atom. The predicted molar refractivity (Wildman–Crippen MR) is 72.5 cm³/mol. The zero-order chi connectivity index (χ0) is 13.7. The molecule has 0 aliphatic carbocycles. The summed E-state index contributed by atoms with van der Waals surface area (Å²) in [7, 11) is 1.78. The van der Waals surface area contributed by atoms with Crippen molar-refractivity contribution in [3.8, 4) is 11.5 Å². The van der Waals surface area contributed by atoms with Crippen molar-refractivity contribution < 1.29 is 14.3 Å². The lowest BCUT2D eigenvalue weighted by Crippen LogP contribution is -2.46. The summed E-state index contributed by atoms with van der Waals surface area (Å²) in [4.78, 5) is 13.9. The average Bonchev–Trinajstić information content (AvgIpc) is 2.46. The van der Waals surface area contributed by atoms with Crippen LogP contribution in [0.2, 0.25) is 0 Å². The molecule has 5 nitrogen and oxygen atoms in total. The second kappa shape index (κ2) is 6.43. The van der Waals surface area contributed by atoms with Crippen LogP contribution in [-0.2, 0) is 4.79 Å². The van der Waals surface area contributed by atoms with Gasteiger partial charge in [-0.1, -0.05) is 19.1 Å². The van der Waals surface area contributed by atoms with Gasteiger partial charge in [-0.3, -0.25) is 4.79 Å². The first-order valence-electron chi connectivity index (χ1n) is 6.56. The van der Waals surface area contributed by atoms with Crippen LogP contribution in [0, 0.1) is 0 Å². The molecule has 1 N–H and O–H groups in total. The first-order valence-corrected chi connectivity index (χ1v) is 6.56. The number of rotatable bonds is 5. The van der Waals surface area contributed by atoms with Gasteiger partial charge in [0.1, 0.15) is 6.61 Å². The normalized spacial score (nSPS) is 17.1. The summed E-state index contributed by atoms with van der Waals surface area (Å²) < 4.78 is 11.2. The standard InChI is InChI=1S/C14H20N2O3/c1-3-15-8-9-16(2)14(17)13-10-18-11-6-4-5-7-12(11)19-13/h4-7,13,15H,3,8-10H2,1-2H3. The second-order valence-corrected chi connectivity index (χ2v) is 4.48. The number of hydrogen-bond acceptors (Lipinski definition) is 4. The summed E-state index contributed by atoms with van der Waals surface area (Å²) in [6.07, 6.45) is -0.554. The number of para-hydroxylation sites is 2. The number of benzene rings is 1. The van der Waals surface area contributed by atoms with Crippen LogP contribution in [0.3, 0.4) is 0 Å². The molecule has 104 valence electrons. The number of likely N-dealkylation sites (N-methyl/N-ethyl adjacent to an activating group) is 2. The van der Waals surface area contributed by atoms with Gasteiger partial charge in [-0.05, 0) is 18.7 Å². The summed E-state index contributed by atoms with van der Waals surface area (Å²) in [5, 5.41) is 3.19. The Balaban J connectivity index is 1.91. The average molecular weight is 264 g/mol. The number of carbonyl (C=O) groups is 1. The minimum atomic E-state index is -0.554. The van der Waals surface area contributed by atoms with Gasteiger partial charge >= 0.3 is 0 Å². The maximum Gasteiger partial charge on any atom is 0.267 e. The van der Waals surface area contributed by atoms with Crippen molar-refractivity contribution in [2.75, 3.05) is 33.3 Å². The molecule has 1 heterocycles. The number of fused-ring (bicyclic) bond motifs is 1. The van der Waals surface area contributed by atoms with Crippen molar-refractivity contribution in [2.24, 2.45) is 0 Å². The summed E-state index contributed by atoms with van der Waals surface area (Å²) in [6, 6.07) is 7.40. The third-order valence-corrected chi connectivity index (χ3v) is 3.03. The monoisotopic (exact) mass is 264 g/mol. The molecule has 1 amide bonds. The smallest absolute Gasteiger partial charge is 0.267 e. The van der Waals surface area contributed by atoms with Crippen LogP contribution in [-0.4, -0.2) is 50.2 Å². The second-order valence-electron chi connectivity index (χ2n) is 4.48. The molecule has 2 rings (SSSR count). The number of hydrogen-bond donors (Lipinski definition) is 1. The quantitative estimate of drug-likeness (QED) is 0.803. The fourth-order valence-corrected chi connectivity index (χ4v) is 1.92. The van der Waals surface area contributed by atoms with Gasteiger partial charge in [0, 0.05) is 20.1 Å². The van der Waals surface area contributed by atoms with E-state index < -0.39 is 6.10 Å². The number of nitrogens with zero attached hydrogens (tertiary/aromatic N) is 1. The van der Waals surface area contributed by atoms with Crippen LogP contribution >= 0.6 is 0 Å². The molecule has 1 unspecified atom stereocenters. The van der Waals surface area contributed by atoms with Crippen molar-refractivity contribution >= 4 is 5.91 Å². The van der Waals surface area contributed by atoms with Gasteiger partial charge in [-0.25, -0.2) is 0 Å². The van der Waals surface area contributed by atoms with Crippen LogP contribution in [0.4, 0.5) is 0 Å². The van der Waals surface area contributed by atoms with Gasteiger partial charge < -0.3 is 19.7 Å². The van der Waals surface area contributed by atoms with Crippen LogP contribution in [0.15, 0.2) is 24.3 Å². The van der Waals surface area contributed by atoms with Crippen LogP contribution in [0.5, 0.6) is 11.5 Å². The Labute approximate surface area is 113 Å².